The highest BCUT2D eigenvalue weighted by atomic mass is 16.5. The summed E-state index contributed by atoms with van der Waals surface area (Å²) in [5.41, 5.74) is 0. The standard InChI is InChI=1S/C14H26N2O3/c1-3-15(12-14(18)19-4-2)11-13(17)16-9-7-5-6-8-10-16/h3-12H2,1-2H3. The number of carbonyl (C=O) groups is 2. The molecule has 5 nitrogen and oxygen atoms in total. The Balaban J connectivity index is 2.40. The predicted molar refractivity (Wildman–Crippen MR) is 73.8 cm³/mol. The third kappa shape index (κ3) is 6.05. The summed E-state index contributed by atoms with van der Waals surface area (Å²) >= 11 is 0. The number of ether oxygens (including phenoxy) is 1. The smallest absolute Gasteiger partial charge is 0.320 e. The molecule has 0 unspecified atom stereocenters. The van der Waals surface area contributed by atoms with Gasteiger partial charge in [0.1, 0.15) is 0 Å². The molecule has 5 heteroatoms. The van der Waals surface area contributed by atoms with Gasteiger partial charge in [-0.25, -0.2) is 0 Å². The largest absolute Gasteiger partial charge is 0.465 e. The van der Waals surface area contributed by atoms with Crippen molar-refractivity contribution in [2.24, 2.45) is 0 Å². The van der Waals surface area contributed by atoms with Crippen molar-refractivity contribution < 1.29 is 14.3 Å². The van der Waals surface area contributed by atoms with Crippen LogP contribution in [0, 0.1) is 0 Å². The Morgan fingerprint density at radius 1 is 1.05 bits per heavy atom. The van der Waals surface area contributed by atoms with Gasteiger partial charge in [-0.3, -0.25) is 14.5 Å². The fraction of sp³-hybridized carbons (Fsp3) is 0.857. The van der Waals surface area contributed by atoms with Crippen LogP contribution < -0.4 is 0 Å². The van der Waals surface area contributed by atoms with Crippen molar-refractivity contribution in [3.63, 3.8) is 0 Å². The van der Waals surface area contributed by atoms with E-state index >= 15 is 0 Å². The number of likely N-dealkylation sites (tertiary alicyclic amines) is 1. The monoisotopic (exact) mass is 270 g/mol. The van der Waals surface area contributed by atoms with E-state index in [4.69, 9.17) is 4.74 Å². The molecule has 1 aliphatic heterocycles. The van der Waals surface area contributed by atoms with Gasteiger partial charge < -0.3 is 9.64 Å². The number of rotatable bonds is 6. The van der Waals surface area contributed by atoms with Gasteiger partial charge in [-0.15, -0.1) is 0 Å². The molecular weight excluding hydrogens is 244 g/mol. The number of nitrogens with zero attached hydrogens (tertiary/aromatic N) is 2. The first kappa shape index (κ1) is 16.0. The van der Waals surface area contributed by atoms with Crippen molar-refractivity contribution in [3.05, 3.63) is 0 Å². The molecule has 0 atom stereocenters. The minimum atomic E-state index is -0.256. The highest BCUT2D eigenvalue weighted by Gasteiger charge is 2.19. The topological polar surface area (TPSA) is 49.9 Å². The number of likely N-dealkylation sites (N-methyl/N-ethyl adjacent to an activating group) is 1. The van der Waals surface area contributed by atoms with Crippen LogP contribution in [0.2, 0.25) is 0 Å². The molecule has 1 heterocycles. The second-order valence-electron chi connectivity index (χ2n) is 4.90. The van der Waals surface area contributed by atoms with Gasteiger partial charge >= 0.3 is 5.97 Å². The maximum Gasteiger partial charge on any atom is 0.320 e. The van der Waals surface area contributed by atoms with Gasteiger partial charge in [-0.1, -0.05) is 19.8 Å². The summed E-state index contributed by atoms with van der Waals surface area (Å²) < 4.78 is 4.92. The SMILES string of the molecule is CCOC(=O)CN(CC)CC(=O)N1CCCCCC1. The van der Waals surface area contributed by atoms with Crippen molar-refractivity contribution in [1.29, 1.82) is 0 Å². The zero-order valence-corrected chi connectivity index (χ0v) is 12.2. The second kappa shape index (κ2) is 8.91. The quantitative estimate of drug-likeness (QED) is 0.682. The van der Waals surface area contributed by atoms with E-state index in [0.717, 1.165) is 25.9 Å². The highest BCUT2D eigenvalue weighted by Crippen LogP contribution is 2.10. The molecule has 1 amide bonds. The molecule has 0 bridgehead atoms. The number of hydrogen-bond donors (Lipinski definition) is 0. The summed E-state index contributed by atoms with van der Waals surface area (Å²) in [4.78, 5) is 27.4. The molecule has 110 valence electrons. The van der Waals surface area contributed by atoms with E-state index in [9.17, 15) is 9.59 Å². The minimum absolute atomic E-state index is 0.132. The third-order valence-electron chi connectivity index (χ3n) is 3.42. The Hall–Kier alpha value is -1.10. The number of esters is 1. The maximum atomic E-state index is 12.2. The molecule has 0 spiro atoms. The van der Waals surface area contributed by atoms with Crippen molar-refractivity contribution in [3.8, 4) is 0 Å². The average molecular weight is 270 g/mol. The van der Waals surface area contributed by atoms with Crippen LogP contribution in [-0.4, -0.2) is 61.0 Å². The summed E-state index contributed by atoms with van der Waals surface area (Å²) in [6.07, 6.45) is 4.61. The Kier molecular flexibility index (Phi) is 7.48. The van der Waals surface area contributed by atoms with Crippen LogP contribution >= 0.6 is 0 Å². The molecule has 19 heavy (non-hydrogen) atoms. The molecule has 0 aliphatic carbocycles. The average Bonchev–Trinajstić information content (AvgIpc) is 2.67. The van der Waals surface area contributed by atoms with E-state index in [0.29, 0.717) is 19.7 Å². The molecule has 0 aromatic heterocycles. The zero-order valence-electron chi connectivity index (χ0n) is 12.2. The van der Waals surface area contributed by atoms with Gasteiger partial charge in [0, 0.05) is 13.1 Å². The zero-order chi connectivity index (χ0) is 14.1. The van der Waals surface area contributed by atoms with Crippen molar-refractivity contribution in [2.45, 2.75) is 39.5 Å². The van der Waals surface area contributed by atoms with Crippen LogP contribution in [0.5, 0.6) is 0 Å². The van der Waals surface area contributed by atoms with Crippen LogP contribution in [0.1, 0.15) is 39.5 Å². The Labute approximate surface area is 115 Å². The summed E-state index contributed by atoms with van der Waals surface area (Å²) in [7, 11) is 0. The number of amides is 1. The van der Waals surface area contributed by atoms with E-state index in [-0.39, 0.29) is 18.4 Å². The van der Waals surface area contributed by atoms with E-state index in [1.54, 1.807) is 6.92 Å². The molecule has 1 rings (SSSR count). The van der Waals surface area contributed by atoms with Crippen LogP contribution in [0.15, 0.2) is 0 Å². The predicted octanol–water partition coefficient (Wildman–Crippen LogP) is 1.27. The highest BCUT2D eigenvalue weighted by molar-refractivity contribution is 5.79. The molecule has 0 N–H and O–H groups in total. The van der Waals surface area contributed by atoms with Crippen molar-refractivity contribution in [1.82, 2.24) is 9.80 Å². The van der Waals surface area contributed by atoms with Gasteiger partial charge in [-0.2, -0.15) is 0 Å². The van der Waals surface area contributed by atoms with Crippen LogP contribution in [-0.2, 0) is 14.3 Å². The number of carbonyl (C=O) groups excluding carboxylic acids is 2. The van der Waals surface area contributed by atoms with E-state index < -0.39 is 0 Å². The van der Waals surface area contributed by atoms with Crippen molar-refractivity contribution >= 4 is 11.9 Å². The van der Waals surface area contributed by atoms with Gasteiger partial charge in [-0.05, 0) is 26.3 Å². The summed E-state index contributed by atoms with van der Waals surface area (Å²) in [6.45, 7) is 7.03. The normalized spacial score (nSPS) is 16.3. The molecule has 1 aliphatic rings. The Morgan fingerprint density at radius 3 is 2.21 bits per heavy atom. The molecule has 0 aromatic carbocycles. The third-order valence-corrected chi connectivity index (χ3v) is 3.42. The first-order chi connectivity index (χ1) is 9.17. The summed E-state index contributed by atoms with van der Waals surface area (Å²) in [5.74, 6) is -0.124. The maximum absolute atomic E-state index is 12.2. The second-order valence-corrected chi connectivity index (χ2v) is 4.90. The molecule has 0 saturated carbocycles. The number of hydrogen-bond acceptors (Lipinski definition) is 4. The molecule has 0 aromatic rings. The Bertz CT molecular complexity index is 286. The fourth-order valence-corrected chi connectivity index (χ4v) is 2.28. The van der Waals surface area contributed by atoms with Crippen LogP contribution in [0.3, 0.4) is 0 Å². The summed E-state index contributed by atoms with van der Waals surface area (Å²) in [6, 6.07) is 0. The molecule has 1 fully saturated rings. The van der Waals surface area contributed by atoms with Crippen molar-refractivity contribution in [2.75, 3.05) is 39.3 Å². The lowest BCUT2D eigenvalue weighted by molar-refractivity contribution is -0.145. The van der Waals surface area contributed by atoms with Gasteiger partial charge in [0.25, 0.3) is 0 Å². The van der Waals surface area contributed by atoms with E-state index in [1.165, 1.54) is 12.8 Å². The fourth-order valence-electron chi connectivity index (χ4n) is 2.28. The minimum Gasteiger partial charge on any atom is -0.465 e. The summed E-state index contributed by atoms with van der Waals surface area (Å²) in [5, 5.41) is 0. The van der Waals surface area contributed by atoms with E-state index in [2.05, 4.69) is 0 Å². The lowest BCUT2D eigenvalue weighted by Gasteiger charge is -2.25. The van der Waals surface area contributed by atoms with Crippen LogP contribution in [0.4, 0.5) is 0 Å². The molecular formula is C14H26N2O3. The first-order valence-corrected chi connectivity index (χ1v) is 7.33. The van der Waals surface area contributed by atoms with Crippen LogP contribution in [0.25, 0.3) is 0 Å². The van der Waals surface area contributed by atoms with Gasteiger partial charge in [0.2, 0.25) is 5.91 Å². The molecule has 1 saturated heterocycles. The Morgan fingerprint density at radius 2 is 1.68 bits per heavy atom. The van der Waals surface area contributed by atoms with E-state index in [1.807, 2.05) is 16.7 Å². The first-order valence-electron chi connectivity index (χ1n) is 7.33. The van der Waals surface area contributed by atoms with Gasteiger partial charge in [0.05, 0.1) is 19.7 Å². The lowest BCUT2D eigenvalue weighted by Crippen LogP contribution is -2.42. The lowest BCUT2D eigenvalue weighted by atomic mass is 10.2. The van der Waals surface area contributed by atoms with Gasteiger partial charge in [0.15, 0.2) is 0 Å². The molecule has 0 radical (unpaired) electrons.